The summed E-state index contributed by atoms with van der Waals surface area (Å²) in [5.41, 5.74) is 9.57. The minimum atomic E-state index is -4.04. The first-order valence-electron chi connectivity index (χ1n) is 19.9. The number of para-hydroxylation sites is 2. The molecule has 306 valence electrons. The zero-order valence-corrected chi connectivity index (χ0v) is 35.1. The van der Waals surface area contributed by atoms with Crippen LogP contribution in [0.15, 0.2) is 114 Å². The van der Waals surface area contributed by atoms with E-state index in [2.05, 4.69) is 101 Å². The molecule has 0 fully saturated rings. The summed E-state index contributed by atoms with van der Waals surface area (Å²) in [7, 11) is -8.08. The molecule has 1 aliphatic carbocycles. The molecule has 0 unspecified atom stereocenters. The molecule has 3 aromatic carbocycles. The van der Waals surface area contributed by atoms with Crippen molar-refractivity contribution in [3.63, 3.8) is 0 Å². The standard InChI is InChI=1S/C44H51N5O7S2/c1-43(2)34-16-5-7-18-38(34)48(26-9-11-28-57(50,51)52)40(43)24-20-31-14-13-15-32(42(31)56-33-22-23-36-37(30-33)46-47-45-36)21-25-41-44(3,4)35-17-6-8-19-39(35)49(41)27-10-12-29-58(53,54)55/h5-8,16-25,30H,9-15,26-29H2,1-4H3,(H2-,45,46,47,50,51,52,53,54,55)/p+1. The number of nitrogens with zero attached hydrogens (tertiary/aromatic N) is 4. The van der Waals surface area contributed by atoms with Crippen molar-refractivity contribution in [1.82, 2.24) is 15.4 Å². The molecule has 1 aromatic heterocycles. The van der Waals surface area contributed by atoms with E-state index in [4.69, 9.17) is 4.74 Å². The molecule has 0 saturated heterocycles. The molecule has 14 heteroatoms. The number of nitrogens with one attached hydrogen (secondary N) is 1. The lowest BCUT2D eigenvalue weighted by Gasteiger charge is -2.27. The predicted molar refractivity (Wildman–Crippen MR) is 228 cm³/mol. The Hall–Kier alpha value is -4.89. The molecule has 4 aromatic rings. The van der Waals surface area contributed by atoms with E-state index < -0.39 is 20.2 Å². The van der Waals surface area contributed by atoms with Gasteiger partial charge in [-0.2, -0.15) is 36.8 Å². The molecule has 0 atom stereocenters. The van der Waals surface area contributed by atoms with Crippen LogP contribution in [-0.4, -0.2) is 76.2 Å². The number of anilines is 1. The fraction of sp³-hybridized carbons (Fsp3) is 0.386. The normalized spacial score (nSPS) is 19.2. The molecule has 12 nitrogen and oxygen atoms in total. The topological polar surface area (TPSA) is 166 Å². The summed E-state index contributed by atoms with van der Waals surface area (Å²) in [6.45, 7) is 10.0. The van der Waals surface area contributed by atoms with E-state index in [1.54, 1.807) is 0 Å². The Morgan fingerprint density at radius 1 is 0.793 bits per heavy atom. The van der Waals surface area contributed by atoms with Crippen molar-refractivity contribution in [2.45, 2.75) is 83.5 Å². The van der Waals surface area contributed by atoms with E-state index in [1.807, 2.05) is 42.5 Å². The molecule has 0 radical (unpaired) electrons. The second kappa shape index (κ2) is 16.4. The summed E-state index contributed by atoms with van der Waals surface area (Å²) in [4.78, 5) is 2.27. The number of aromatic amines is 1. The van der Waals surface area contributed by atoms with Gasteiger partial charge < -0.3 is 9.64 Å². The van der Waals surface area contributed by atoms with Crippen LogP contribution in [0.5, 0.6) is 5.75 Å². The van der Waals surface area contributed by atoms with Crippen LogP contribution >= 0.6 is 0 Å². The van der Waals surface area contributed by atoms with Gasteiger partial charge in [0, 0.05) is 53.5 Å². The highest BCUT2D eigenvalue weighted by atomic mass is 32.2. The largest absolute Gasteiger partial charge is 0.457 e. The average molecular weight is 827 g/mol. The number of allylic oxidation sites excluding steroid dienone is 7. The van der Waals surface area contributed by atoms with Gasteiger partial charge in [0.25, 0.3) is 20.2 Å². The number of benzene rings is 3. The number of unbranched alkanes of at least 4 members (excludes halogenated alkanes) is 2. The quantitative estimate of drug-likeness (QED) is 0.0603. The number of hydrogen-bond acceptors (Lipinski definition) is 8. The monoisotopic (exact) mass is 826 g/mol. The summed E-state index contributed by atoms with van der Waals surface area (Å²) < 4.78 is 73.7. The third kappa shape index (κ3) is 8.90. The SMILES string of the molecule is CC1(C)C(/C=C/C2=C(Oc3ccc4n[nH]nc4c3)C(=C/C=C3/N(CCCCS(=O)(=O)O)c4ccccc4C3(C)C)/CCC2)=[N+](CCCCS(=O)(=O)O)c2ccccc21. The van der Waals surface area contributed by atoms with E-state index in [-0.39, 0.29) is 22.3 Å². The Labute approximate surface area is 341 Å². The van der Waals surface area contributed by atoms with Gasteiger partial charge in [-0.1, -0.05) is 56.3 Å². The van der Waals surface area contributed by atoms with E-state index in [0.717, 1.165) is 64.5 Å². The molecule has 0 amide bonds. The molecule has 3 N–H and O–H groups in total. The van der Waals surface area contributed by atoms with Gasteiger partial charge in [0.05, 0.1) is 16.9 Å². The summed E-state index contributed by atoms with van der Waals surface area (Å²) in [5.74, 6) is 0.860. The van der Waals surface area contributed by atoms with Crippen LogP contribution in [0.2, 0.25) is 0 Å². The molecule has 0 bridgehead atoms. The number of hydrogen-bond donors (Lipinski definition) is 3. The van der Waals surface area contributed by atoms with Crippen LogP contribution in [0.1, 0.15) is 83.8 Å². The lowest BCUT2D eigenvalue weighted by molar-refractivity contribution is -0.438. The molecule has 3 heterocycles. The van der Waals surface area contributed by atoms with Crippen molar-refractivity contribution in [2.75, 3.05) is 29.5 Å². The molecule has 58 heavy (non-hydrogen) atoms. The molecule has 0 spiro atoms. The maximum atomic E-state index is 11.5. The molecule has 3 aliphatic rings. The molecular weight excluding hydrogens is 775 g/mol. The highest BCUT2D eigenvalue weighted by molar-refractivity contribution is 7.86. The van der Waals surface area contributed by atoms with Crippen molar-refractivity contribution < 1.29 is 35.3 Å². The van der Waals surface area contributed by atoms with E-state index >= 15 is 0 Å². The maximum absolute atomic E-state index is 11.5. The first-order chi connectivity index (χ1) is 27.5. The number of fused-ring (bicyclic) bond motifs is 3. The van der Waals surface area contributed by atoms with Crippen molar-refractivity contribution in [3.05, 3.63) is 125 Å². The Kier molecular flexibility index (Phi) is 11.7. The van der Waals surface area contributed by atoms with E-state index in [0.29, 0.717) is 50.0 Å². The molecule has 2 aliphatic heterocycles. The van der Waals surface area contributed by atoms with Crippen LogP contribution in [0.4, 0.5) is 11.4 Å². The lowest BCUT2D eigenvalue weighted by Crippen LogP contribution is -2.28. The Balaban J connectivity index is 1.29. The second-order valence-corrected chi connectivity index (χ2v) is 19.5. The summed E-state index contributed by atoms with van der Waals surface area (Å²) in [6, 6.07) is 22.3. The number of ether oxygens (including phenoxy) is 1. The maximum Gasteiger partial charge on any atom is 0.264 e. The van der Waals surface area contributed by atoms with Gasteiger partial charge in [-0.25, -0.2) is 0 Å². The zero-order chi connectivity index (χ0) is 41.3. The van der Waals surface area contributed by atoms with Gasteiger partial charge >= 0.3 is 0 Å². The molecular formula is C44H52N5O7S2+. The number of aromatic nitrogens is 3. The van der Waals surface area contributed by atoms with Crippen molar-refractivity contribution in [3.8, 4) is 5.75 Å². The first kappa shape index (κ1) is 41.3. The van der Waals surface area contributed by atoms with Gasteiger partial charge in [0.2, 0.25) is 5.69 Å². The Morgan fingerprint density at radius 2 is 1.48 bits per heavy atom. The Bertz CT molecular complexity index is 2600. The van der Waals surface area contributed by atoms with Crippen molar-refractivity contribution in [2.24, 2.45) is 0 Å². The average Bonchev–Trinajstić information content (AvgIpc) is 3.79. The zero-order valence-electron chi connectivity index (χ0n) is 33.5. The fourth-order valence-electron chi connectivity index (χ4n) is 8.58. The van der Waals surface area contributed by atoms with Crippen molar-refractivity contribution in [1.29, 1.82) is 0 Å². The number of rotatable bonds is 15. The van der Waals surface area contributed by atoms with Gasteiger partial charge in [-0.15, -0.1) is 0 Å². The van der Waals surface area contributed by atoms with Crippen molar-refractivity contribution >= 4 is 48.4 Å². The molecule has 7 rings (SSSR count). The van der Waals surface area contributed by atoms with Crippen LogP contribution in [-0.2, 0) is 31.1 Å². The van der Waals surface area contributed by atoms with Gasteiger partial charge in [0.1, 0.15) is 29.1 Å². The highest BCUT2D eigenvalue weighted by Crippen LogP contribution is 2.48. The first-order valence-corrected chi connectivity index (χ1v) is 23.1. The van der Waals surface area contributed by atoms with Gasteiger partial charge in [-0.3, -0.25) is 9.11 Å². The smallest absolute Gasteiger partial charge is 0.264 e. The van der Waals surface area contributed by atoms with Gasteiger partial charge in [0.15, 0.2) is 5.71 Å². The minimum absolute atomic E-state index is 0.273. The highest BCUT2D eigenvalue weighted by Gasteiger charge is 2.44. The lowest BCUT2D eigenvalue weighted by atomic mass is 9.81. The summed E-state index contributed by atoms with van der Waals surface area (Å²) >= 11 is 0. The van der Waals surface area contributed by atoms with Gasteiger partial charge in [-0.05, 0) is 99.4 Å². The Morgan fingerprint density at radius 3 is 2.24 bits per heavy atom. The van der Waals surface area contributed by atoms with Crippen LogP contribution in [0.3, 0.4) is 0 Å². The fourth-order valence-corrected chi connectivity index (χ4v) is 9.72. The predicted octanol–water partition coefficient (Wildman–Crippen LogP) is 8.35. The summed E-state index contributed by atoms with van der Waals surface area (Å²) in [6.07, 6.45) is 13.0. The molecule has 0 saturated carbocycles. The minimum Gasteiger partial charge on any atom is -0.457 e. The number of H-pyrrole nitrogens is 1. The third-order valence-corrected chi connectivity index (χ3v) is 13.1. The van der Waals surface area contributed by atoms with E-state index in [9.17, 15) is 25.9 Å². The second-order valence-electron chi connectivity index (χ2n) is 16.3. The van der Waals surface area contributed by atoms with E-state index in [1.165, 1.54) is 11.1 Å². The third-order valence-electron chi connectivity index (χ3n) is 11.5. The van der Waals surface area contributed by atoms with Crippen LogP contribution < -0.4 is 9.64 Å². The van der Waals surface area contributed by atoms with Crippen LogP contribution in [0, 0.1) is 0 Å². The summed E-state index contributed by atoms with van der Waals surface area (Å²) in [5, 5.41) is 11.2. The van der Waals surface area contributed by atoms with Crippen LogP contribution in [0.25, 0.3) is 11.0 Å².